The van der Waals surface area contributed by atoms with Gasteiger partial charge in [0.25, 0.3) is 0 Å². The van der Waals surface area contributed by atoms with Gasteiger partial charge in [-0.2, -0.15) is 0 Å². The maximum absolute atomic E-state index is 10.7. The lowest BCUT2D eigenvalue weighted by Crippen LogP contribution is -2.06. The standard InChI is InChI=1S/C18H16.C9H7NO2/c1-3-7-15-13(5-1)9-11-18-16-8-4-2-6-14(16)10-12-17(15)18;11-9(12)7-4-6-10-5-2-1-3-8(7)10/h1,3-5,7-9,11H,2,6,10,12H2;1-6H,(H,11,12). The van der Waals surface area contributed by atoms with Crippen LogP contribution in [0.3, 0.4) is 0 Å². The van der Waals surface area contributed by atoms with E-state index in [4.69, 9.17) is 5.11 Å². The molecule has 30 heavy (non-hydrogen) atoms. The Kier molecular flexibility index (Phi) is 4.72. The van der Waals surface area contributed by atoms with Crippen LogP contribution < -0.4 is 0 Å². The molecular formula is C27H23NO2. The lowest BCUT2D eigenvalue weighted by molar-refractivity contribution is 0.0699. The van der Waals surface area contributed by atoms with Crippen molar-refractivity contribution in [3.8, 4) is 0 Å². The Morgan fingerprint density at radius 2 is 1.73 bits per heavy atom. The summed E-state index contributed by atoms with van der Waals surface area (Å²) in [6.45, 7) is 0. The van der Waals surface area contributed by atoms with Crippen molar-refractivity contribution in [2.24, 2.45) is 0 Å². The third kappa shape index (κ3) is 3.22. The molecule has 0 saturated heterocycles. The number of hydrogen-bond donors (Lipinski definition) is 1. The third-order valence-corrected chi connectivity index (χ3v) is 6.08. The van der Waals surface area contributed by atoms with E-state index < -0.39 is 5.97 Å². The summed E-state index contributed by atoms with van der Waals surface area (Å²) in [4.78, 5) is 10.7. The van der Waals surface area contributed by atoms with Crippen molar-refractivity contribution < 1.29 is 9.90 Å². The lowest BCUT2D eigenvalue weighted by atomic mass is 9.80. The Balaban J connectivity index is 0.000000140. The number of aromatic carboxylic acids is 1. The van der Waals surface area contributed by atoms with Crippen LogP contribution in [0.4, 0.5) is 0 Å². The van der Waals surface area contributed by atoms with Gasteiger partial charge >= 0.3 is 5.97 Å². The van der Waals surface area contributed by atoms with Gasteiger partial charge in [0.2, 0.25) is 0 Å². The molecule has 2 aromatic heterocycles. The monoisotopic (exact) mass is 393 g/mol. The summed E-state index contributed by atoms with van der Waals surface area (Å²) < 4.78 is 1.78. The number of allylic oxidation sites excluding steroid dienone is 4. The molecular weight excluding hydrogens is 370 g/mol. The van der Waals surface area contributed by atoms with Gasteiger partial charge in [-0.1, -0.05) is 60.2 Å². The summed E-state index contributed by atoms with van der Waals surface area (Å²) in [5.41, 5.74) is 7.28. The number of carbonyl (C=O) groups is 1. The van der Waals surface area contributed by atoms with Crippen LogP contribution in [-0.4, -0.2) is 15.5 Å². The zero-order chi connectivity index (χ0) is 20.5. The largest absolute Gasteiger partial charge is 0.478 e. The van der Waals surface area contributed by atoms with E-state index in [1.807, 2.05) is 18.3 Å². The fraction of sp³-hybridized carbons (Fsp3) is 0.148. The number of aromatic nitrogens is 1. The van der Waals surface area contributed by atoms with Crippen molar-refractivity contribution in [2.45, 2.75) is 25.7 Å². The Morgan fingerprint density at radius 1 is 0.867 bits per heavy atom. The quantitative estimate of drug-likeness (QED) is 0.400. The van der Waals surface area contributed by atoms with Gasteiger partial charge in [0.15, 0.2) is 0 Å². The number of pyridine rings is 1. The van der Waals surface area contributed by atoms with E-state index in [1.165, 1.54) is 47.6 Å². The third-order valence-electron chi connectivity index (χ3n) is 6.08. The Hall–Kier alpha value is -3.59. The molecule has 0 fully saturated rings. The lowest BCUT2D eigenvalue weighted by Gasteiger charge is -2.25. The summed E-state index contributed by atoms with van der Waals surface area (Å²) in [6.07, 6.45) is 13.2. The maximum atomic E-state index is 10.7. The zero-order valence-corrected chi connectivity index (χ0v) is 16.7. The van der Waals surface area contributed by atoms with Gasteiger partial charge in [0, 0.05) is 12.4 Å². The van der Waals surface area contributed by atoms with E-state index in [0.717, 1.165) is 5.52 Å². The molecule has 2 aliphatic carbocycles. The number of carboxylic acids is 1. The average molecular weight is 393 g/mol. The smallest absolute Gasteiger partial charge is 0.337 e. The summed E-state index contributed by atoms with van der Waals surface area (Å²) in [7, 11) is 0. The highest BCUT2D eigenvalue weighted by atomic mass is 16.4. The highest BCUT2D eigenvalue weighted by molar-refractivity contribution is 5.96. The molecule has 2 aromatic carbocycles. The van der Waals surface area contributed by atoms with Gasteiger partial charge < -0.3 is 9.51 Å². The predicted molar refractivity (Wildman–Crippen MR) is 122 cm³/mol. The molecule has 4 aromatic rings. The SMILES string of the molecule is C1=CC2=C(CC1)CCc1c2ccc2ccccc12.O=C(O)c1ccn2ccccc12. The minimum Gasteiger partial charge on any atom is -0.478 e. The molecule has 2 aliphatic rings. The summed E-state index contributed by atoms with van der Waals surface area (Å²) >= 11 is 0. The van der Waals surface area contributed by atoms with Crippen LogP contribution in [0.15, 0.2) is 90.8 Å². The summed E-state index contributed by atoms with van der Waals surface area (Å²) in [5.74, 6) is -0.885. The maximum Gasteiger partial charge on any atom is 0.337 e. The van der Waals surface area contributed by atoms with Crippen molar-refractivity contribution in [3.05, 3.63) is 107 Å². The van der Waals surface area contributed by atoms with Crippen molar-refractivity contribution in [3.63, 3.8) is 0 Å². The van der Waals surface area contributed by atoms with Crippen molar-refractivity contribution in [1.29, 1.82) is 0 Å². The summed E-state index contributed by atoms with van der Waals surface area (Å²) in [5, 5.41) is 11.6. The van der Waals surface area contributed by atoms with Gasteiger partial charge in [0.05, 0.1) is 11.1 Å². The number of rotatable bonds is 1. The van der Waals surface area contributed by atoms with Crippen molar-refractivity contribution in [1.82, 2.24) is 4.40 Å². The Bertz CT molecular complexity index is 1320. The van der Waals surface area contributed by atoms with Crippen LogP contribution >= 0.6 is 0 Å². The van der Waals surface area contributed by atoms with Crippen LogP contribution in [-0.2, 0) is 6.42 Å². The first-order valence-electron chi connectivity index (χ1n) is 10.4. The number of benzene rings is 2. The van der Waals surface area contributed by atoms with Gasteiger partial charge in [-0.05, 0) is 71.4 Å². The molecule has 0 unspecified atom stereocenters. The Labute approximate surface area is 175 Å². The highest BCUT2D eigenvalue weighted by Gasteiger charge is 2.20. The first-order valence-corrected chi connectivity index (χ1v) is 10.4. The number of fused-ring (bicyclic) bond motifs is 5. The van der Waals surface area contributed by atoms with Crippen LogP contribution in [0.5, 0.6) is 0 Å². The second-order valence-electron chi connectivity index (χ2n) is 7.80. The molecule has 0 radical (unpaired) electrons. The van der Waals surface area contributed by atoms with Crippen LogP contribution in [0.25, 0.3) is 21.9 Å². The average Bonchev–Trinajstić information content (AvgIpc) is 3.24. The molecule has 148 valence electrons. The van der Waals surface area contributed by atoms with Gasteiger partial charge in [-0.25, -0.2) is 4.79 Å². The molecule has 0 bridgehead atoms. The molecule has 0 atom stereocenters. The van der Waals surface area contributed by atoms with Gasteiger partial charge in [-0.3, -0.25) is 0 Å². The van der Waals surface area contributed by atoms with Crippen LogP contribution in [0.1, 0.15) is 40.7 Å². The first kappa shape index (κ1) is 18.4. The number of carboxylic acid groups (broad SMARTS) is 1. The number of nitrogens with zero attached hydrogens (tertiary/aromatic N) is 1. The topological polar surface area (TPSA) is 41.7 Å². The first-order chi connectivity index (χ1) is 14.7. The van der Waals surface area contributed by atoms with E-state index >= 15 is 0 Å². The van der Waals surface area contributed by atoms with Crippen LogP contribution in [0.2, 0.25) is 0 Å². The van der Waals surface area contributed by atoms with E-state index in [-0.39, 0.29) is 0 Å². The fourth-order valence-corrected chi connectivity index (χ4v) is 4.62. The fourth-order valence-electron chi connectivity index (χ4n) is 4.62. The molecule has 3 nitrogen and oxygen atoms in total. The molecule has 0 spiro atoms. The van der Waals surface area contributed by atoms with Crippen molar-refractivity contribution >= 4 is 27.8 Å². The molecule has 1 N–H and O–H groups in total. The van der Waals surface area contributed by atoms with E-state index in [2.05, 4.69) is 48.6 Å². The second kappa shape index (κ2) is 7.68. The molecule has 0 aliphatic heterocycles. The highest BCUT2D eigenvalue weighted by Crippen LogP contribution is 2.39. The second-order valence-corrected chi connectivity index (χ2v) is 7.80. The van der Waals surface area contributed by atoms with Crippen molar-refractivity contribution in [2.75, 3.05) is 0 Å². The Morgan fingerprint density at radius 3 is 2.63 bits per heavy atom. The minimum absolute atomic E-state index is 0.343. The van der Waals surface area contributed by atoms with Gasteiger partial charge in [0.1, 0.15) is 0 Å². The molecule has 2 heterocycles. The molecule has 6 rings (SSSR count). The summed E-state index contributed by atoms with van der Waals surface area (Å²) in [6, 6.07) is 20.4. The van der Waals surface area contributed by atoms with E-state index in [0.29, 0.717) is 5.56 Å². The zero-order valence-electron chi connectivity index (χ0n) is 16.7. The van der Waals surface area contributed by atoms with E-state index in [1.54, 1.807) is 33.9 Å². The number of aryl methyl sites for hydroxylation is 1. The molecule has 0 saturated carbocycles. The van der Waals surface area contributed by atoms with Gasteiger partial charge in [-0.15, -0.1) is 0 Å². The minimum atomic E-state index is -0.885. The predicted octanol–water partition coefficient (Wildman–Crippen LogP) is 6.53. The molecule has 3 heteroatoms. The molecule has 0 amide bonds. The van der Waals surface area contributed by atoms with E-state index in [9.17, 15) is 4.79 Å². The number of hydrogen-bond acceptors (Lipinski definition) is 1. The van der Waals surface area contributed by atoms with Crippen LogP contribution in [0, 0.1) is 0 Å². The normalized spacial score (nSPS) is 14.8.